The van der Waals surface area contributed by atoms with Crippen molar-refractivity contribution in [2.75, 3.05) is 13.7 Å². The van der Waals surface area contributed by atoms with Gasteiger partial charge in [-0.25, -0.2) is 0 Å². The molecule has 0 aromatic heterocycles. The average molecular weight is 188 g/mol. The molecule has 0 aromatic carbocycles. The highest BCUT2D eigenvalue weighted by molar-refractivity contribution is 5.74. The molecule has 1 aliphatic rings. The van der Waals surface area contributed by atoms with E-state index in [2.05, 4.69) is 4.74 Å². The topological polar surface area (TPSA) is 72.8 Å². The number of ether oxygens (including phenoxy) is 2. The molecule has 0 bridgehead atoms. The van der Waals surface area contributed by atoms with Crippen LogP contribution in [0, 0.1) is 5.92 Å². The van der Waals surface area contributed by atoms with E-state index in [9.17, 15) is 9.59 Å². The van der Waals surface area contributed by atoms with E-state index < -0.39 is 24.0 Å². The molecule has 0 saturated carbocycles. The number of rotatable bonds is 3. The van der Waals surface area contributed by atoms with E-state index in [1.807, 2.05) is 0 Å². The maximum absolute atomic E-state index is 10.8. The number of carboxylic acids is 1. The van der Waals surface area contributed by atoms with E-state index >= 15 is 0 Å². The molecule has 5 nitrogen and oxygen atoms in total. The molecule has 13 heavy (non-hydrogen) atoms. The van der Waals surface area contributed by atoms with Crippen LogP contribution in [-0.2, 0) is 19.1 Å². The van der Waals surface area contributed by atoms with Gasteiger partial charge in [0.15, 0.2) is 0 Å². The van der Waals surface area contributed by atoms with Crippen LogP contribution < -0.4 is 0 Å². The van der Waals surface area contributed by atoms with Crippen LogP contribution in [-0.4, -0.2) is 36.9 Å². The quantitative estimate of drug-likeness (QED) is 0.633. The molecule has 0 aromatic rings. The van der Waals surface area contributed by atoms with E-state index in [4.69, 9.17) is 9.84 Å². The molecule has 1 saturated heterocycles. The van der Waals surface area contributed by atoms with Gasteiger partial charge in [-0.15, -0.1) is 0 Å². The van der Waals surface area contributed by atoms with Gasteiger partial charge in [0.05, 0.1) is 25.6 Å². The van der Waals surface area contributed by atoms with Crippen LogP contribution in [0.5, 0.6) is 0 Å². The first-order chi connectivity index (χ1) is 6.15. The van der Waals surface area contributed by atoms with Gasteiger partial charge in [0.1, 0.15) is 0 Å². The van der Waals surface area contributed by atoms with Crippen molar-refractivity contribution < 1.29 is 24.2 Å². The number of carboxylic acid groups (broad SMARTS) is 1. The number of esters is 1. The Morgan fingerprint density at radius 2 is 2.31 bits per heavy atom. The van der Waals surface area contributed by atoms with Crippen LogP contribution in [0.3, 0.4) is 0 Å². The van der Waals surface area contributed by atoms with E-state index in [0.717, 1.165) is 0 Å². The molecule has 1 N–H and O–H groups in total. The average Bonchev–Trinajstić information content (AvgIpc) is 2.52. The van der Waals surface area contributed by atoms with Crippen molar-refractivity contribution >= 4 is 11.9 Å². The smallest absolute Gasteiger partial charge is 0.309 e. The third-order valence-electron chi connectivity index (χ3n) is 2.12. The van der Waals surface area contributed by atoms with Crippen LogP contribution in [0.25, 0.3) is 0 Å². The van der Waals surface area contributed by atoms with Gasteiger partial charge in [-0.3, -0.25) is 9.59 Å². The van der Waals surface area contributed by atoms with Crippen molar-refractivity contribution in [1.29, 1.82) is 0 Å². The summed E-state index contributed by atoms with van der Waals surface area (Å²) in [4.78, 5) is 21.5. The molecule has 0 aliphatic carbocycles. The lowest BCUT2D eigenvalue weighted by molar-refractivity contribution is -0.147. The second kappa shape index (κ2) is 4.23. The van der Waals surface area contributed by atoms with Gasteiger partial charge < -0.3 is 14.6 Å². The van der Waals surface area contributed by atoms with E-state index in [0.29, 0.717) is 13.0 Å². The third-order valence-corrected chi connectivity index (χ3v) is 2.12. The van der Waals surface area contributed by atoms with Crippen LogP contribution in [0.1, 0.15) is 12.8 Å². The normalized spacial score (nSPS) is 27.2. The van der Waals surface area contributed by atoms with Gasteiger partial charge in [-0.05, 0) is 6.42 Å². The predicted octanol–water partition coefficient (Wildman–Crippen LogP) is 0.0392. The minimum absolute atomic E-state index is 0.0213. The Bertz CT molecular complexity index is 213. The minimum Gasteiger partial charge on any atom is -0.481 e. The summed E-state index contributed by atoms with van der Waals surface area (Å²) >= 11 is 0. The van der Waals surface area contributed by atoms with Crippen molar-refractivity contribution in [2.45, 2.75) is 18.9 Å². The molecule has 1 rings (SSSR count). The number of hydrogen-bond donors (Lipinski definition) is 1. The Hall–Kier alpha value is -1.10. The lowest BCUT2D eigenvalue weighted by Crippen LogP contribution is -2.26. The van der Waals surface area contributed by atoms with Crippen LogP contribution in [0.4, 0.5) is 0 Å². The standard InChI is InChI=1S/C8H12O5/c1-12-7(9)4-6-5(8(10)11)2-3-13-6/h5-6H,2-4H2,1H3,(H,10,11). The molecule has 5 heteroatoms. The van der Waals surface area contributed by atoms with Gasteiger partial charge in [-0.1, -0.05) is 0 Å². The maximum Gasteiger partial charge on any atom is 0.309 e. The van der Waals surface area contributed by atoms with Crippen molar-refractivity contribution in [1.82, 2.24) is 0 Å². The second-order valence-corrected chi connectivity index (χ2v) is 2.92. The van der Waals surface area contributed by atoms with Crippen LogP contribution in [0.2, 0.25) is 0 Å². The van der Waals surface area contributed by atoms with E-state index in [-0.39, 0.29) is 6.42 Å². The van der Waals surface area contributed by atoms with Crippen molar-refractivity contribution in [3.05, 3.63) is 0 Å². The molecule has 74 valence electrons. The number of aliphatic carboxylic acids is 1. The number of carbonyl (C=O) groups is 2. The fourth-order valence-corrected chi connectivity index (χ4v) is 1.38. The molecular weight excluding hydrogens is 176 g/mol. The molecule has 0 amide bonds. The Balaban J connectivity index is 2.48. The number of hydrogen-bond acceptors (Lipinski definition) is 4. The summed E-state index contributed by atoms with van der Waals surface area (Å²) < 4.78 is 9.55. The van der Waals surface area contributed by atoms with Gasteiger partial charge in [0.25, 0.3) is 0 Å². The summed E-state index contributed by atoms with van der Waals surface area (Å²) in [6.07, 6.45) is -0.0327. The van der Waals surface area contributed by atoms with E-state index in [1.54, 1.807) is 0 Å². The van der Waals surface area contributed by atoms with E-state index in [1.165, 1.54) is 7.11 Å². The lowest BCUT2D eigenvalue weighted by Gasteiger charge is -2.12. The molecular formula is C8H12O5. The Kier molecular flexibility index (Phi) is 3.25. The fraction of sp³-hybridized carbons (Fsp3) is 0.750. The zero-order valence-corrected chi connectivity index (χ0v) is 7.36. The summed E-state index contributed by atoms with van der Waals surface area (Å²) in [7, 11) is 1.27. The summed E-state index contributed by atoms with van der Waals surface area (Å²) in [5.41, 5.74) is 0. The summed E-state index contributed by atoms with van der Waals surface area (Å²) in [6.45, 7) is 0.401. The van der Waals surface area contributed by atoms with Crippen molar-refractivity contribution in [2.24, 2.45) is 5.92 Å². The molecule has 1 fully saturated rings. The monoisotopic (exact) mass is 188 g/mol. The highest BCUT2D eigenvalue weighted by atomic mass is 16.5. The first-order valence-electron chi connectivity index (χ1n) is 4.06. The highest BCUT2D eigenvalue weighted by Gasteiger charge is 2.35. The summed E-state index contributed by atoms with van der Waals surface area (Å²) in [5.74, 6) is -1.91. The van der Waals surface area contributed by atoms with Crippen LogP contribution >= 0.6 is 0 Å². The molecule has 0 spiro atoms. The largest absolute Gasteiger partial charge is 0.481 e. The first-order valence-corrected chi connectivity index (χ1v) is 4.06. The van der Waals surface area contributed by atoms with Gasteiger partial charge in [0, 0.05) is 6.61 Å². The fourth-order valence-electron chi connectivity index (χ4n) is 1.38. The molecule has 2 unspecified atom stereocenters. The van der Waals surface area contributed by atoms with Gasteiger partial charge in [0.2, 0.25) is 0 Å². The zero-order valence-electron chi connectivity index (χ0n) is 7.36. The van der Waals surface area contributed by atoms with Crippen molar-refractivity contribution in [3.8, 4) is 0 Å². The first kappa shape index (κ1) is 9.98. The minimum atomic E-state index is -0.911. The Morgan fingerprint density at radius 1 is 1.62 bits per heavy atom. The lowest BCUT2D eigenvalue weighted by atomic mass is 9.99. The zero-order chi connectivity index (χ0) is 9.84. The molecule has 2 atom stereocenters. The second-order valence-electron chi connectivity index (χ2n) is 2.92. The highest BCUT2D eigenvalue weighted by Crippen LogP contribution is 2.23. The molecule has 1 aliphatic heterocycles. The summed E-state index contributed by atoms with van der Waals surface area (Å²) in [5, 5.41) is 8.74. The molecule has 0 radical (unpaired) electrons. The third kappa shape index (κ3) is 2.42. The van der Waals surface area contributed by atoms with Gasteiger partial charge in [-0.2, -0.15) is 0 Å². The van der Waals surface area contributed by atoms with Crippen LogP contribution in [0.15, 0.2) is 0 Å². The van der Waals surface area contributed by atoms with Crippen molar-refractivity contribution in [3.63, 3.8) is 0 Å². The SMILES string of the molecule is COC(=O)CC1OCCC1C(=O)O. The predicted molar refractivity (Wildman–Crippen MR) is 42.1 cm³/mol. The Labute approximate surface area is 75.6 Å². The maximum atomic E-state index is 10.8. The Morgan fingerprint density at radius 3 is 2.85 bits per heavy atom. The molecule has 1 heterocycles. The number of carbonyl (C=O) groups excluding carboxylic acids is 1. The number of methoxy groups -OCH3 is 1. The summed E-state index contributed by atoms with van der Waals surface area (Å²) in [6, 6.07) is 0. The van der Waals surface area contributed by atoms with Gasteiger partial charge >= 0.3 is 11.9 Å².